The van der Waals surface area contributed by atoms with Crippen LogP contribution in [0, 0.1) is 0 Å². The van der Waals surface area contributed by atoms with Crippen molar-refractivity contribution >= 4 is 11.6 Å². The Morgan fingerprint density at radius 3 is 2.80 bits per heavy atom. The van der Waals surface area contributed by atoms with E-state index in [4.69, 9.17) is 5.21 Å². The van der Waals surface area contributed by atoms with Gasteiger partial charge in [0.2, 0.25) is 5.91 Å². The minimum absolute atomic E-state index is 0.0132. The summed E-state index contributed by atoms with van der Waals surface area (Å²) in [6, 6.07) is 0. The Balaban J connectivity index is 2.23. The Kier molecular flexibility index (Phi) is 4.83. The van der Waals surface area contributed by atoms with E-state index in [9.17, 15) is 4.79 Å². The van der Waals surface area contributed by atoms with Gasteiger partial charge in [0.05, 0.1) is 12.3 Å². The van der Waals surface area contributed by atoms with Crippen molar-refractivity contribution < 1.29 is 10.0 Å². The monoisotopic (exact) mass is 211 g/mol. The summed E-state index contributed by atoms with van der Waals surface area (Å²) in [5, 5.41) is 14.5. The van der Waals surface area contributed by atoms with Crippen molar-refractivity contribution in [1.82, 2.24) is 10.2 Å². The SMILES string of the molecule is C=CCNC(=O)CN1CCC(=NO)CC1. The molecule has 0 unspecified atom stereocenters. The molecule has 0 spiro atoms. The smallest absolute Gasteiger partial charge is 0.234 e. The maximum atomic E-state index is 11.3. The molecule has 0 aliphatic carbocycles. The fraction of sp³-hybridized carbons (Fsp3) is 0.600. The summed E-state index contributed by atoms with van der Waals surface area (Å²) >= 11 is 0. The van der Waals surface area contributed by atoms with Crippen molar-refractivity contribution in [3.8, 4) is 0 Å². The standard InChI is InChI=1S/C10H17N3O2/c1-2-5-11-10(14)8-13-6-3-9(12-15)4-7-13/h2,15H,1,3-8H2,(H,11,14). The molecule has 0 aromatic rings. The van der Waals surface area contributed by atoms with Crippen LogP contribution < -0.4 is 5.32 Å². The molecule has 84 valence electrons. The average Bonchev–Trinajstić information content (AvgIpc) is 2.27. The quantitative estimate of drug-likeness (QED) is 0.397. The Labute approximate surface area is 89.4 Å². The molecule has 5 heteroatoms. The normalized spacial score (nSPS) is 17.2. The van der Waals surface area contributed by atoms with Crippen molar-refractivity contribution in [2.45, 2.75) is 12.8 Å². The maximum Gasteiger partial charge on any atom is 0.234 e. The number of hydrogen-bond donors (Lipinski definition) is 2. The van der Waals surface area contributed by atoms with Gasteiger partial charge in [0.1, 0.15) is 0 Å². The van der Waals surface area contributed by atoms with Gasteiger partial charge in [-0.1, -0.05) is 11.2 Å². The van der Waals surface area contributed by atoms with Crippen LogP contribution in [0.5, 0.6) is 0 Å². The van der Waals surface area contributed by atoms with Gasteiger partial charge in [0.15, 0.2) is 0 Å². The molecule has 1 amide bonds. The molecular weight excluding hydrogens is 194 g/mol. The average molecular weight is 211 g/mol. The minimum atomic E-state index is 0.0132. The fourth-order valence-electron chi connectivity index (χ4n) is 1.51. The van der Waals surface area contributed by atoms with Crippen LogP contribution in [0.1, 0.15) is 12.8 Å². The maximum absolute atomic E-state index is 11.3. The minimum Gasteiger partial charge on any atom is -0.411 e. The lowest BCUT2D eigenvalue weighted by Gasteiger charge is -2.26. The molecule has 0 bridgehead atoms. The van der Waals surface area contributed by atoms with Gasteiger partial charge in [0.25, 0.3) is 0 Å². The molecule has 1 heterocycles. The van der Waals surface area contributed by atoms with Crippen LogP contribution in [0.3, 0.4) is 0 Å². The van der Waals surface area contributed by atoms with E-state index in [0.717, 1.165) is 31.6 Å². The Morgan fingerprint density at radius 2 is 2.27 bits per heavy atom. The summed E-state index contributed by atoms with van der Waals surface area (Å²) in [6.45, 7) is 6.01. The van der Waals surface area contributed by atoms with E-state index in [1.165, 1.54) is 0 Å². The van der Waals surface area contributed by atoms with E-state index < -0.39 is 0 Å². The zero-order valence-electron chi connectivity index (χ0n) is 8.78. The van der Waals surface area contributed by atoms with Crippen LogP contribution >= 0.6 is 0 Å². The lowest BCUT2D eigenvalue weighted by Crippen LogP contribution is -2.41. The highest BCUT2D eigenvalue weighted by Crippen LogP contribution is 2.06. The van der Waals surface area contributed by atoms with Crippen LogP contribution in [0.15, 0.2) is 17.8 Å². The number of nitrogens with zero attached hydrogens (tertiary/aromatic N) is 2. The molecule has 2 N–H and O–H groups in total. The van der Waals surface area contributed by atoms with Gasteiger partial charge >= 0.3 is 0 Å². The van der Waals surface area contributed by atoms with Crippen molar-refractivity contribution in [1.29, 1.82) is 0 Å². The molecule has 1 aliphatic rings. The first kappa shape index (κ1) is 11.7. The highest BCUT2D eigenvalue weighted by molar-refractivity contribution is 5.85. The first-order chi connectivity index (χ1) is 7.26. The summed E-state index contributed by atoms with van der Waals surface area (Å²) in [5.41, 5.74) is 0.817. The largest absolute Gasteiger partial charge is 0.411 e. The summed E-state index contributed by atoms with van der Waals surface area (Å²) in [6.07, 6.45) is 3.14. The summed E-state index contributed by atoms with van der Waals surface area (Å²) in [5.74, 6) is 0.0132. The predicted octanol–water partition coefficient (Wildman–Crippen LogP) is 0.215. The van der Waals surface area contributed by atoms with Crippen molar-refractivity contribution in [3.63, 3.8) is 0 Å². The number of piperidine rings is 1. The van der Waals surface area contributed by atoms with Crippen LogP contribution in [0.2, 0.25) is 0 Å². The topological polar surface area (TPSA) is 64.9 Å². The second-order valence-corrected chi connectivity index (χ2v) is 3.54. The Bertz CT molecular complexity index is 253. The van der Waals surface area contributed by atoms with Crippen LogP contribution in [0.4, 0.5) is 0 Å². The number of hydrogen-bond acceptors (Lipinski definition) is 4. The molecule has 0 atom stereocenters. The molecule has 0 aromatic heterocycles. The van der Waals surface area contributed by atoms with Gasteiger partial charge in [-0.2, -0.15) is 0 Å². The van der Waals surface area contributed by atoms with Gasteiger partial charge < -0.3 is 10.5 Å². The number of amides is 1. The molecule has 5 nitrogen and oxygen atoms in total. The van der Waals surface area contributed by atoms with Gasteiger partial charge in [-0.15, -0.1) is 6.58 Å². The third-order valence-corrected chi connectivity index (χ3v) is 2.39. The van der Waals surface area contributed by atoms with E-state index in [2.05, 4.69) is 17.1 Å². The summed E-state index contributed by atoms with van der Waals surface area (Å²) in [7, 11) is 0. The first-order valence-electron chi connectivity index (χ1n) is 5.06. The highest BCUT2D eigenvalue weighted by Gasteiger charge is 2.17. The van der Waals surface area contributed by atoms with Gasteiger partial charge in [0, 0.05) is 32.5 Å². The second-order valence-electron chi connectivity index (χ2n) is 3.54. The van der Waals surface area contributed by atoms with Gasteiger partial charge in [-0.05, 0) is 0 Å². The van der Waals surface area contributed by atoms with Crippen LogP contribution in [0.25, 0.3) is 0 Å². The van der Waals surface area contributed by atoms with E-state index >= 15 is 0 Å². The van der Waals surface area contributed by atoms with Crippen molar-refractivity contribution in [2.24, 2.45) is 5.16 Å². The first-order valence-corrected chi connectivity index (χ1v) is 5.06. The number of nitrogens with one attached hydrogen (secondary N) is 1. The van der Waals surface area contributed by atoms with Crippen molar-refractivity contribution in [2.75, 3.05) is 26.2 Å². The lowest BCUT2D eigenvalue weighted by molar-refractivity contribution is -0.122. The lowest BCUT2D eigenvalue weighted by atomic mass is 10.1. The third kappa shape index (κ3) is 4.12. The zero-order chi connectivity index (χ0) is 11.1. The van der Waals surface area contributed by atoms with Gasteiger partial charge in [-0.25, -0.2) is 0 Å². The molecule has 1 aliphatic heterocycles. The predicted molar refractivity (Wildman–Crippen MR) is 58.1 cm³/mol. The zero-order valence-corrected chi connectivity index (χ0v) is 8.78. The molecule has 1 fully saturated rings. The second kappa shape index (κ2) is 6.19. The number of likely N-dealkylation sites (tertiary alicyclic amines) is 1. The van der Waals surface area contributed by atoms with Crippen LogP contribution in [-0.4, -0.2) is 47.9 Å². The number of carbonyl (C=O) groups is 1. The van der Waals surface area contributed by atoms with Crippen LogP contribution in [-0.2, 0) is 4.79 Å². The van der Waals surface area contributed by atoms with E-state index in [1.807, 2.05) is 4.90 Å². The fourth-order valence-corrected chi connectivity index (χ4v) is 1.51. The van der Waals surface area contributed by atoms with Gasteiger partial charge in [-0.3, -0.25) is 9.69 Å². The Morgan fingerprint density at radius 1 is 1.60 bits per heavy atom. The number of carbonyl (C=O) groups excluding carboxylic acids is 1. The molecule has 1 saturated heterocycles. The summed E-state index contributed by atoms with van der Waals surface area (Å²) < 4.78 is 0. The number of rotatable bonds is 4. The molecule has 1 rings (SSSR count). The summed E-state index contributed by atoms with van der Waals surface area (Å²) in [4.78, 5) is 13.4. The van der Waals surface area contributed by atoms with E-state index in [0.29, 0.717) is 13.1 Å². The molecule has 0 aromatic carbocycles. The molecule has 0 saturated carbocycles. The molecular formula is C10H17N3O2. The molecule has 15 heavy (non-hydrogen) atoms. The van der Waals surface area contributed by atoms with Crippen molar-refractivity contribution in [3.05, 3.63) is 12.7 Å². The Hall–Kier alpha value is -1.36. The van der Waals surface area contributed by atoms with E-state index in [1.54, 1.807) is 6.08 Å². The molecule has 0 radical (unpaired) electrons. The number of oxime groups is 1. The highest BCUT2D eigenvalue weighted by atomic mass is 16.4. The van der Waals surface area contributed by atoms with E-state index in [-0.39, 0.29) is 5.91 Å². The third-order valence-electron chi connectivity index (χ3n) is 2.39.